The number of hydrogen-bond acceptors (Lipinski definition) is 2. The summed E-state index contributed by atoms with van der Waals surface area (Å²) in [6.07, 6.45) is 6.90. The van der Waals surface area contributed by atoms with Crippen LogP contribution in [0.1, 0.15) is 56.6 Å². The number of ether oxygens (including phenoxy) is 2. The lowest BCUT2D eigenvalue weighted by Gasteiger charge is -2.55. The van der Waals surface area contributed by atoms with Gasteiger partial charge in [0.05, 0.1) is 19.8 Å². The van der Waals surface area contributed by atoms with E-state index in [2.05, 4.69) is 32.0 Å². The molecule has 1 heterocycles. The summed E-state index contributed by atoms with van der Waals surface area (Å²) >= 11 is 0. The molecule has 0 spiro atoms. The van der Waals surface area contributed by atoms with Crippen LogP contribution in [-0.2, 0) is 11.2 Å². The quantitative estimate of drug-likeness (QED) is 0.756. The van der Waals surface area contributed by atoms with Crippen LogP contribution in [0.15, 0.2) is 18.2 Å². The molecule has 0 bridgehead atoms. The Labute approximate surface area is 134 Å². The van der Waals surface area contributed by atoms with Gasteiger partial charge in [0.1, 0.15) is 5.75 Å². The van der Waals surface area contributed by atoms with E-state index in [4.69, 9.17) is 9.47 Å². The topological polar surface area (TPSA) is 18.5 Å². The maximum absolute atomic E-state index is 6.01. The minimum Gasteiger partial charge on any atom is -0.497 e. The highest BCUT2D eigenvalue weighted by molar-refractivity contribution is 5.40. The van der Waals surface area contributed by atoms with Crippen molar-refractivity contribution >= 4 is 0 Å². The van der Waals surface area contributed by atoms with E-state index in [0.29, 0.717) is 11.5 Å². The number of benzene rings is 1. The Morgan fingerprint density at radius 2 is 2.14 bits per heavy atom. The van der Waals surface area contributed by atoms with Crippen molar-refractivity contribution in [1.29, 1.82) is 0 Å². The summed E-state index contributed by atoms with van der Waals surface area (Å²) in [4.78, 5) is 0. The zero-order chi connectivity index (χ0) is 15.3. The molecule has 1 saturated heterocycles. The first-order valence-corrected chi connectivity index (χ1v) is 8.89. The fourth-order valence-corrected chi connectivity index (χ4v) is 5.48. The summed E-state index contributed by atoms with van der Waals surface area (Å²) in [7, 11) is 1.77. The third kappa shape index (κ3) is 2.19. The van der Waals surface area contributed by atoms with Gasteiger partial charge in [-0.05, 0) is 85.5 Å². The molecular formula is C20H28O2. The van der Waals surface area contributed by atoms with E-state index in [0.717, 1.165) is 30.1 Å². The average molecular weight is 300 g/mol. The van der Waals surface area contributed by atoms with Gasteiger partial charge in [-0.2, -0.15) is 0 Å². The fraction of sp³-hybridized carbons (Fsp3) is 0.700. The summed E-state index contributed by atoms with van der Waals surface area (Å²) < 4.78 is 11.4. The van der Waals surface area contributed by atoms with Gasteiger partial charge in [0.2, 0.25) is 0 Å². The largest absolute Gasteiger partial charge is 0.497 e. The third-order valence-corrected chi connectivity index (χ3v) is 6.74. The molecule has 3 aliphatic rings. The molecule has 4 rings (SSSR count). The number of fused-ring (bicyclic) bond motifs is 5. The molecule has 1 aliphatic heterocycles. The second-order valence-corrected chi connectivity index (χ2v) is 8.03. The Bertz CT molecular complexity index is 567. The van der Waals surface area contributed by atoms with Crippen LogP contribution in [-0.4, -0.2) is 19.8 Å². The van der Waals surface area contributed by atoms with Crippen LogP contribution in [0.2, 0.25) is 0 Å². The Morgan fingerprint density at radius 3 is 2.95 bits per heavy atom. The first-order chi connectivity index (χ1) is 10.6. The highest BCUT2D eigenvalue weighted by Crippen LogP contribution is 2.57. The van der Waals surface area contributed by atoms with Crippen molar-refractivity contribution in [3.05, 3.63) is 29.3 Å². The second kappa shape index (κ2) is 5.26. The molecule has 0 amide bonds. The van der Waals surface area contributed by atoms with E-state index in [1.165, 1.54) is 37.7 Å². The lowest BCUT2D eigenvalue weighted by molar-refractivity contribution is -0.127. The smallest absolute Gasteiger partial charge is 0.119 e. The maximum atomic E-state index is 6.01. The van der Waals surface area contributed by atoms with Crippen molar-refractivity contribution in [2.75, 3.05) is 13.7 Å². The molecule has 0 aromatic heterocycles. The van der Waals surface area contributed by atoms with E-state index in [1.807, 2.05) is 0 Å². The molecule has 0 N–H and O–H groups in total. The summed E-state index contributed by atoms with van der Waals surface area (Å²) in [5.41, 5.74) is 3.56. The molecule has 1 saturated carbocycles. The van der Waals surface area contributed by atoms with Gasteiger partial charge in [-0.3, -0.25) is 0 Å². The van der Waals surface area contributed by atoms with E-state index in [9.17, 15) is 0 Å². The van der Waals surface area contributed by atoms with Crippen molar-refractivity contribution in [3.63, 3.8) is 0 Å². The molecular weight excluding hydrogens is 272 g/mol. The van der Waals surface area contributed by atoms with Gasteiger partial charge in [0, 0.05) is 0 Å². The molecule has 120 valence electrons. The predicted octanol–water partition coefficient (Wildman–Crippen LogP) is 4.57. The van der Waals surface area contributed by atoms with E-state index < -0.39 is 0 Å². The van der Waals surface area contributed by atoms with Crippen molar-refractivity contribution in [2.24, 2.45) is 17.3 Å². The van der Waals surface area contributed by atoms with Gasteiger partial charge in [-0.25, -0.2) is 0 Å². The minimum atomic E-state index is 0.414. The summed E-state index contributed by atoms with van der Waals surface area (Å²) in [6, 6.07) is 6.77. The molecule has 22 heavy (non-hydrogen) atoms. The minimum absolute atomic E-state index is 0.414. The average Bonchev–Trinajstić information content (AvgIpc) is 2.54. The van der Waals surface area contributed by atoms with Crippen LogP contribution in [0.5, 0.6) is 5.75 Å². The number of aryl methyl sites for hydroxylation is 1. The van der Waals surface area contributed by atoms with Crippen molar-refractivity contribution in [3.8, 4) is 5.75 Å². The molecule has 0 unspecified atom stereocenters. The van der Waals surface area contributed by atoms with Gasteiger partial charge in [0.15, 0.2) is 0 Å². The predicted molar refractivity (Wildman–Crippen MR) is 88.4 cm³/mol. The molecule has 0 radical (unpaired) electrons. The Morgan fingerprint density at radius 1 is 1.27 bits per heavy atom. The van der Waals surface area contributed by atoms with Crippen molar-refractivity contribution < 1.29 is 9.47 Å². The Balaban J connectivity index is 1.67. The first-order valence-electron chi connectivity index (χ1n) is 8.89. The highest BCUT2D eigenvalue weighted by atomic mass is 16.5. The van der Waals surface area contributed by atoms with Crippen LogP contribution in [0, 0.1) is 17.3 Å². The number of methoxy groups -OCH3 is 1. The van der Waals surface area contributed by atoms with Crippen LogP contribution < -0.4 is 4.74 Å². The molecule has 2 heteroatoms. The summed E-state index contributed by atoms with van der Waals surface area (Å²) in [5, 5.41) is 0. The lowest BCUT2D eigenvalue weighted by Crippen LogP contribution is -2.49. The van der Waals surface area contributed by atoms with Gasteiger partial charge >= 0.3 is 0 Å². The Kier molecular flexibility index (Phi) is 3.48. The van der Waals surface area contributed by atoms with E-state index >= 15 is 0 Å². The second-order valence-electron chi connectivity index (χ2n) is 8.03. The van der Waals surface area contributed by atoms with Crippen molar-refractivity contribution in [2.45, 2.75) is 58.0 Å². The molecule has 1 aromatic rings. The number of hydrogen-bond donors (Lipinski definition) is 0. The number of rotatable bonds is 1. The first kappa shape index (κ1) is 14.6. The maximum Gasteiger partial charge on any atom is 0.119 e. The van der Waals surface area contributed by atoms with Gasteiger partial charge < -0.3 is 9.47 Å². The van der Waals surface area contributed by atoms with Gasteiger partial charge in [-0.15, -0.1) is 0 Å². The van der Waals surface area contributed by atoms with E-state index in [-0.39, 0.29) is 0 Å². The summed E-state index contributed by atoms with van der Waals surface area (Å²) in [5.74, 6) is 3.46. The van der Waals surface area contributed by atoms with Gasteiger partial charge in [0.25, 0.3) is 0 Å². The standard InChI is InChI=1S/C20H28O2/c1-13-10-19-18-6-4-14-11-15(21-3)5-7-16(14)17(18)8-9-20(19,2)12-22-13/h5,7,11,13,17-19H,4,6,8-10,12H2,1-3H3/t13-,17-,18-,19+,20-/m1/s1. The summed E-state index contributed by atoms with van der Waals surface area (Å²) in [6.45, 7) is 5.70. The lowest BCUT2D eigenvalue weighted by atomic mass is 9.53. The Hall–Kier alpha value is -1.02. The van der Waals surface area contributed by atoms with Gasteiger partial charge in [-0.1, -0.05) is 13.0 Å². The molecule has 2 fully saturated rings. The van der Waals surface area contributed by atoms with Crippen LogP contribution in [0.25, 0.3) is 0 Å². The van der Waals surface area contributed by atoms with E-state index in [1.54, 1.807) is 12.7 Å². The van der Waals surface area contributed by atoms with Crippen LogP contribution in [0.4, 0.5) is 0 Å². The third-order valence-electron chi connectivity index (χ3n) is 6.74. The molecule has 2 aliphatic carbocycles. The van der Waals surface area contributed by atoms with Crippen LogP contribution >= 0.6 is 0 Å². The normalized spacial score (nSPS) is 40.3. The molecule has 2 nitrogen and oxygen atoms in total. The molecule has 5 atom stereocenters. The SMILES string of the molecule is COc1ccc2c(c1)CC[C@@H]1[C@@H]2CC[C@]2(C)CO[C@H](C)C[C@@H]12. The zero-order valence-electron chi connectivity index (χ0n) is 14.1. The monoisotopic (exact) mass is 300 g/mol. The van der Waals surface area contributed by atoms with Crippen LogP contribution in [0.3, 0.4) is 0 Å². The highest BCUT2D eigenvalue weighted by Gasteiger charge is 2.50. The zero-order valence-corrected chi connectivity index (χ0v) is 14.1. The molecule has 1 aromatic carbocycles. The van der Waals surface area contributed by atoms with Crippen molar-refractivity contribution in [1.82, 2.24) is 0 Å². The fourth-order valence-electron chi connectivity index (χ4n) is 5.48.